The lowest BCUT2D eigenvalue weighted by Crippen LogP contribution is -2.29. The Hall–Kier alpha value is -2.04. The smallest absolute Gasteiger partial charge is 0.271 e. The van der Waals surface area contributed by atoms with Crippen LogP contribution in [0.4, 0.5) is 11.4 Å². The molecule has 0 fully saturated rings. The molecule has 0 saturated heterocycles. The van der Waals surface area contributed by atoms with E-state index in [0.29, 0.717) is 10.0 Å². The summed E-state index contributed by atoms with van der Waals surface area (Å²) < 4.78 is 0. The molecule has 6 heteroatoms. The van der Waals surface area contributed by atoms with Crippen LogP contribution in [0.2, 0.25) is 10.0 Å². The standard InChI is InChI=1S/C18H14Cl2N2O2/c19-11-4-1-3-10(7-11)17-14-6-2-5-13(14)15-8-12(22(23)24)9-16(20)18(15)21-17/h1-5,7-9,13-14,17,21H,6H2/t13-,14-,17+/m1/s1. The van der Waals surface area contributed by atoms with Crippen molar-refractivity contribution in [2.75, 3.05) is 5.32 Å². The molecule has 0 saturated carbocycles. The molecule has 0 bridgehead atoms. The third-order valence-electron chi connectivity index (χ3n) is 4.82. The number of nitrogens with one attached hydrogen (secondary N) is 1. The van der Waals surface area contributed by atoms with Gasteiger partial charge < -0.3 is 5.32 Å². The molecule has 1 N–H and O–H groups in total. The first-order chi connectivity index (χ1) is 11.5. The first kappa shape index (κ1) is 15.5. The molecule has 2 aromatic rings. The average Bonchev–Trinajstić information content (AvgIpc) is 3.04. The zero-order valence-electron chi connectivity index (χ0n) is 12.6. The summed E-state index contributed by atoms with van der Waals surface area (Å²) in [6.45, 7) is 0. The fourth-order valence-electron chi connectivity index (χ4n) is 3.78. The van der Waals surface area contributed by atoms with Gasteiger partial charge in [0, 0.05) is 23.1 Å². The molecule has 3 atom stereocenters. The molecule has 1 aliphatic carbocycles. The molecule has 1 aliphatic heterocycles. The quantitative estimate of drug-likeness (QED) is 0.422. The first-order valence-electron chi connectivity index (χ1n) is 7.71. The second-order valence-corrected chi connectivity index (χ2v) is 7.02. The van der Waals surface area contributed by atoms with Gasteiger partial charge in [-0.05, 0) is 35.6 Å². The lowest BCUT2D eigenvalue weighted by atomic mass is 9.77. The van der Waals surface area contributed by atoms with Gasteiger partial charge in [-0.3, -0.25) is 10.1 Å². The molecule has 122 valence electrons. The van der Waals surface area contributed by atoms with Crippen molar-refractivity contribution in [3.63, 3.8) is 0 Å². The molecule has 0 aromatic heterocycles. The molecule has 1 heterocycles. The third kappa shape index (κ3) is 2.46. The SMILES string of the molecule is O=[N+]([O-])c1cc(Cl)c2c(c1)[C@@H]1C=CC[C@H]1[C@H](c1cccc(Cl)c1)N2. The van der Waals surface area contributed by atoms with Gasteiger partial charge in [0.25, 0.3) is 5.69 Å². The molecule has 0 spiro atoms. The van der Waals surface area contributed by atoms with E-state index < -0.39 is 4.92 Å². The lowest BCUT2D eigenvalue weighted by molar-refractivity contribution is -0.384. The van der Waals surface area contributed by atoms with Gasteiger partial charge in [-0.15, -0.1) is 0 Å². The van der Waals surface area contributed by atoms with E-state index >= 15 is 0 Å². The third-order valence-corrected chi connectivity index (χ3v) is 5.36. The molecule has 4 nitrogen and oxygen atoms in total. The highest BCUT2D eigenvalue weighted by atomic mass is 35.5. The van der Waals surface area contributed by atoms with Gasteiger partial charge in [-0.2, -0.15) is 0 Å². The molecule has 2 aromatic carbocycles. The van der Waals surface area contributed by atoms with Crippen LogP contribution in [0.25, 0.3) is 0 Å². The second-order valence-electron chi connectivity index (χ2n) is 6.18. The van der Waals surface area contributed by atoms with Gasteiger partial charge in [-0.25, -0.2) is 0 Å². The summed E-state index contributed by atoms with van der Waals surface area (Å²) >= 11 is 12.5. The summed E-state index contributed by atoms with van der Waals surface area (Å²) in [4.78, 5) is 10.7. The predicted molar refractivity (Wildman–Crippen MR) is 95.9 cm³/mol. The minimum atomic E-state index is -0.400. The minimum absolute atomic E-state index is 0.0285. The Kier molecular flexibility index (Phi) is 3.74. The van der Waals surface area contributed by atoms with E-state index in [0.717, 1.165) is 23.2 Å². The van der Waals surface area contributed by atoms with Crippen LogP contribution >= 0.6 is 23.2 Å². The van der Waals surface area contributed by atoms with Crippen molar-refractivity contribution in [2.45, 2.75) is 18.4 Å². The van der Waals surface area contributed by atoms with Gasteiger partial charge in [0.15, 0.2) is 0 Å². The highest BCUT2D eigenvalue weighted by Crippen LogP contribution is 2.52. The van der Waals surface area contributed by atoms with E-state index in [-0.39, 0.29) is 23.6 Å². The maximum Gasteiger partial charge on any atom is 0.271 e. The van der Waals surface area contributed by atoms with Gasteiger partial charge in [0.05, 0.1) is 21.7 Å². The van der Waals surface area contributed by atoms with Crippen molar-refractivity contribution in [2.24, 2.45) is 5.92 Å². The normalized spacial score (nSPS) is 24.2. The van der Waals surface area contributed by atoms with E-state index in [1.54, 1.807) is 6.07 Å². The van der Waals surface area contributed by atoms with Crippen molar-refractivity contribution in [1.82, 2.24) is 0 Å². The predicted octanol–water partition coefficient (Wildman–Crippen LogP) is 5.73. The summed E-state index contributed by atoms with van der Waals surface area (Å²) in [5.74, 6) is 0.400. The Bertz CT molecular complexity index is 866. The first-order valence-corrected chi connectivity index (χ1v) is 8.46. The largest absolute Gasteiger partial charge is 0.376 e. The van der Waals surface area contributed by atoms with Crippen LogP contribution in [-0.2, 0) is 0 Å². The number of benzene rings is 2. The van der Waals surface area contributed by atoms with Crippen molar-refractivity contribution in [3.8, 4) is 0 Å². The average molecular weight is 361 g/mol. The van der Waals surface area contributed by atoms with Crippen molar-refractivity contribution in [3.05, 3.63) is 79.8 Å². The summed E-state index contributed by atoms with van der Waals surface area (Å²) in [6, 6.07) is 10.9. The van der Waals surface area contributed by atoms with Crippen molar-refractivity contribution >= 4 is 34.6 Å². The van der Waals surface area contributed by atoms with Crippen LogP contribution in [-0.4, -0.2) is 4.92 Å². The maximum absolute atomic E-state index is 11.1. The molecular weight excluding hydrogens is 347 g/mol. The van der Waals surface area contributed by atoms with E-state index in [1.807, 2.05) is 24.3 Å². The molecule has 24 heavy (non-hydrogen) atoms. The molecular formula is C18H14Cl2N2O2. The summed E-state index contributed by atoms with van der Waals surface area (Å²) in [5, 5.41) is 15.7. The van der Waals surface area contributed by atoms with Crippen LogP contribution in [0.3, 0.4) is 0 Å². The lowest BCUT2D eigenvalue weighted by Gasteiger charge is -2.37. The topological polar surface area (TPSA) is 55.2 Å². The van der Waals surface area contributed by atoms with Crippen LogP contribution in [0, 0.1) is 16.0 Å². The van der Waals surface area contributed by atoms with Crippen LogP contribution < -0.4 is 5.32 Å². The summed E-state index contributed by atoms with van der Waals surface area (Å²) in [5.41, 5.74) is 2.80. The number of allylic oxidation sites excluding steroid dienone is 2. The monoisotopic (exact) mass is 360 g/mol. The van der Waals surface area contributed by atoms with Crippen LogP contribution in [0.1, 0.15) is 29.5 Å². The summed E-state index contributed by atoms with van der Waals surface area (Å²) in [6.07, 6.45) is 5.17. The van der Waals surface area contributed by atoms with Gasteiger partial charge in [0.2, 0.25) is 0 Å². The van der Waals surface area contributed by atoms with E-state index in [4.69, 9.17) is 23.2 Å². The van der Waals surface area contributed by atoms with Crippen molar-refractivity contribution < 1.29 is 4.92 Å². The highest BCUT2D eigenvalue weighted by molar-refractivity contribution is 6.33. The number of non-ortho nitro benzene ring substituents is 1. The summed E-state index contributed by atoms with van der Waals surface area (Å²) in [7, 11) is 0. The Balaban J connectivity index is 1.83. The number of anilines is 1. The fraction of sp³-hybridized carbons (Fsp3) is 0.222. The number of hydrogen-bond donors (Lipinski definition) is 1. The number of hydrogen-bond acceptors (Lipinski definition) is 3. The molecule has 2 aliphatic rings. The number of nitro groups is 1. The van der Waals surface area contributed by atoms with Gasteiger partial charge in [-0.1, -0.05) is 47.5 Å². The minimum Gasteiger partial charge on any atom is -0.376 e. The van der Waals surface area contributed by atoms with E-state index in [1.165, 1.54) is 6.07 Å². The Morgan fingerprint density at radius 1 is 1.21 bits per heavy atom. The number of halogens is 2. The van der Waals surface area contributed by atoms with Crippen LogP contribution in [0.15, 0.2) is 48.6 Å². The van der Waals surface area contributed by atoms with E-state index in [2.05, 4.69) is 17.5 Å². The number of nitro benzene ring substituents is 1. The van der Waals surface area contributed by atoms with Gasteiger partial charge >= 0.3 is 0 Å². The van der Waals surface area contributed by atoms with E-state index in [9.17, 15) is 10.1 Å². The van der Waals surface area contributed by atoms with Crippen LogP contribution in [0.5, 0.6) is 0 Å². The Morgan fingerprint density at radius 2 is 2.04 bits per heavy atom. The zero-order chi connectivity index (χ0) is 16.8. The molecule has 4 rings (SSSR count). The number of rotatable bonds is 2. The molecule has 0 amide bonds. The highest BCUT2D eigenvalue weighted by Gasteiger charge is 2.39. The zero-order valence-corrected chi connectivity index (χ0v) is 14.1. The Labute approximate surface area is 149 Å². The maximum atomic E-state index is 11.1. The number of fused-ring (bicyclic) bond motifs is 3. The molecule has 0 unspecified atom stereocenters. The number of nitrogens with zero attached hydrogens (tertiary/aromatic N) is 1. The Morgan fingerprint density at radius 3 is 2.79 bits per heavy atom. The van der Waals surface area contributed by atoms with Gasteiger partial charge in [0.1, 0.15) is 0 Å². The molecule has 0 radical (unpaired) electrons. The van der Waals surface area contributed by atoms with Crippen molar-refractivity contribution in [1.29, 1.82) is 0 Å². The second kappa shape index (κ2) is 5.80. The fourth-order valence-corrected chi connectivity index (χ4v) is 4.25.